The lowest BCUT2D eigenvalue weighted by atomic mass is 9.98. The van der Waals surface area contributed by atoms with Crippen LogP contribution in [0.25, 0.3) is 0 Å². The van der Waals surface area contributed by atoms with Crippen LogP contribution >= 0.6 is 0 Å². The van der Waals surface area contributed by atoms with Crippen LogP contribution in [0, 0.1) is 0 Å². The summed E-state index contributed by atoms with van der Waals surface area (Å²) in [6.45, 7) is 2.39. The monoisotopic (exact) mass is 254 g/mol. The van der Waals surface area contributed by atoms with Gasteiger partial charge in [-0.2, -0.15) is 0 Å². The van der Waals surface area contributed by atoms with Crippen LogP contribution in [-0.2, 0) is 16.1 Å². The molecule has 0 heterocycles. The Hall–Kier alpha value is -2.09. The maximum Gasteiger partial charge on any atom is 0.306 e. The largest absolute Gasteiger partial charge is 0.461 e. The van der Waals surface area contributed by atoms with Crippen LogP contribution in [0.3, 0.4) is 0 Å². The van der Waals surface area contributed by atoms with E-state index in [0.29, 0.717) is 13.0 Å². The van der Waals surface area contributed by atoms with Crippen molar-refractivity contribution in [2.45, 2.75) is 25.9 Å². The smallest absolute Gasteiger partial charge is 0.306 e. The number of carbonyl (C=O) groups is 1. The number of hydrogen-bond donors (Lipinski definition) is 0. The number of rotatable bonds is 5. The summed E-state index contributed by atoms with van der Waals surface area (Å²) < 4.78 is 5.28. The van der Waals surface area contributed by atoms with Crippen molar-refractivity contribution in [3.63, 3.8) is 0 Å². The summed E-state index contributed by atoms with van der Waals surface area (Å²) in [5.74, 6) is 0.0321. The van der Waals surface area contributed by atoms with Gasteiger partial charge in [0.05, 0.1) is 6.42 Å². The molecule has 0 radical (unpaired) electrons. The van der Waals surface area contributed by atoms with Gasteiger partial charge in [0, 0.05) is 0 Å². The van der Waals surface area contributed by atoms with Gasteiger partial charge in [-0.25, -0.2) is 0 Å². The van der Waals surface area contributed by atoms with Gasteiger partial charge in [-0.15, -0.1) is 0 Å². The number of hydrogen-bond acceptors (Lipinski definition) is 2. The van der Waals surface area contributed by atoms with Crippen molar-refractivity contribution in [3.8, 4) is 0 Å². The summed E-state index contributed by atoms with van der Waals surface area (Å²) in [4.78, 5) is 11.8. The Bertz CT molecular complexity index is 505. The Morgan fingerprint density at radius 3 is 2.21 bits per heavy atom. The highest BCUT2D eigenvalue weighted by Crippen LogP contribution is 2.19. The van der Waals surface area contributed by atoms with E-state index in [1.165, 1.54) is 5.56 Å². The fourth-order valence-electron chi connectivity index (χ4n) is 1.95. The minimum absolute atomic E-state index is 0.153. The van der Waals surface area contributed by atoms with E-state index in [-0.39, 0.29) is 11.9 Å². The molecule has 2 nitrogen and oxygen atoms in total. The molecule has 2 aromatic rings. The first-order chi connectivity index (χ1) is 9.25. The number of carbonyl (C=O) groups excluding carboxylic acids is 1. The van der Waals surface area contributed by atoms with Gasteiger partial charge in [-0.3, -0.25) is 4.79 Å². The zero-order valence-electron chi connectivity index (χ0n) is 11.1. The lowest BCUT2D eigenvalue weighted by Gasteiger charge is -2.11. The Balaban J connectivity index is 1.82. The molecule has 0 aliphatic rings. The molecule has 0 bridgehead atoms. The summed E-state index contributed by atoms with van der Waals surface area (Å²) in [6.07, 6.45) is 0.414. The van der Waals surface area contributed by atoms with Gasteiger partial charge < -0.3 is 4.74 Å². The Morgan fingerprint density at radius 1 is 1.00 bits per heavy atom. The van der Waals surface area contributed by atoms with Crippen molar-refractivity contribution >= 4 is 5.97 Å². The van der Waals surface area contributed by atoms with Crippen LogP contribution in [-0.4, -0.2) is 5.97 Å². The lowest BCUT2D eigenvalue weighted by molar-refractivity contribution is -0.145. The fourth-order valence-corrected chi connectivity index (χ4v) is 1.95. The van der Waals surface area contributed by atoms with Gasteiger partial charge in [0.15, 0.2) is 0 Å². The molecule has 98 valence electrons. The molecule has 0 saturated heterocycles. The van der Waals surface area contributed by atoms with Crippen molar-refractivity contribution in [2.24, 2.45) is 0 Å². The molecule has 2 aromatic carbocycles. The third kappa shape index (κ3) is 4.25. The highest BCUT2D eigenvalue weighted by atomic mass is 16.5. The molecule has 0 aromatic heterocycles. The first-order valence-electron chi connectivity index (χ1n) is 6.50. The summed E-state index contributed by atoms with van der Waals surface area (Å²) >= 11 is 0. The van der Waals surface area contributed by atoms with Crippen molar-refractivity contribution in [1.29, 1.82) is 0 Å². The Labute approximate surface area is 114 Å². The third-order valence-electron chi connectivity index (χ3n) is 3.08. The molecule has 0 N–H and O–H groups in total. The third-order valence-corrected chi connectivity index (χ3v) is 3.08. The van der Waals surface area contributed by atoms with E-state index in [4.69, 9.17) is 4.74 Å². The van der Waals surface area contributed by atoms with E-state index in [1.54, 1.807) is 0 Å². The minimum atomic E-state index is -0.153. The molecular weight excluding hydrogens is 236 g/mol. The quantitative estimate of drug-likeness (QED) is 0.756. The molecule has 0 fully saturated rings. The average molecular weight is 254 g/mol. The van der Waals surface area contributed by atoms with E-state index >= 15 is 0 Å². The SMILES string of the molecule is CC(CC(=O)OCc1ccccc1)c1ccccc1. The van der Waals surface area contributed by atoms with E-state index in [0.717, 1.165) is 5.56 Å². The van der Waals surface area contributed by atoms with Gasteiger partial charge in [0.2, 0.25) is 0 Å². The number of ether oxygens (including phenoxy) is 1. The molecule has 0 amide bonds. The maximum absolute atomic E-state index is 11.8. The molecule has 0 spiro atoms. The van der Waals surface area contributed by atoms with Crippen molar-refractivity contribution in [2.75, 3.05) is 0 Å². The highest BCUT2D eigenvalue weighted by Gasteiger charge is 2.12. The average Bonchev–Trinajstić information content (AvgIpc) is 2.47. The molecule has 19 heavy (non-hydrogen) atoms. The second-order valence-corrected chi connectivity index (χ2v) is 4.66. The molecule has 1 unspecified atom stereocenters. The molecule has 0 aliphatic heterocycles. The van der Waals surface area contributed by atoms with Gasteiger partial charge in [0.25, 0.3) is 0 Å². The van der Waals surface area contributed by atoms with Crippen LogP contribution in [0.5, 0.6) is 0 Å². The molecule has 0 saturated carbocycles. The molecule has 2 heteroatoms. The Kier molecular flexibility index (Phi) is 4.73. The standard InChI is InChI=1S/C17H18O2/c1-14(16-10-6-3-7-11-16)12-17(18)19-13-15-8-4-2-5-9-15/h2-11,14H,12-13H2,1H3. The topological polar surface area (TPSA) is 26.3 Å². The second-order valence-electron chi connectivity index (χ2n) is 4.66. The number of esters is 1. The summed E-state index contributed by atoms with van der Waals surface area (Å²) in [7, 11) is 0. The van der Waals surface area contributed by atoms with Crippen molar-refractivity contribution in [1.82, 2.24) is 0 Å². The number of benzene rings is 2. The molecule has 1 atom stereocenters. The zero-order valence-corrected chi connectivity index (χ0v) is 11.1. The van der Waals surface area contributed by atoms with Gasteiger partial charge in [-0.1, -0.05) is 67.6 Å². The van der Waals surface area contributed by atoms with Crippen molar-refractivity contribution in [3.05, 3.63) is 71.8 Å². The zero-order chi connectivity index (χ0) is 13.5. The fraction of sp³-hybridized carbons (Fsp3) is 0.235. The summed E-state index contributed by atoms with van der Waals surface area (Å²) in [5, 5.41) is 0. The highest BCUT2D eigenvalue weighted by molar-refractivity contribution is 5.70. The minimum Gasteiger partial charge on any atom is -0.461 e. The predicted octanol–water partition coefficient (Wildman–Crippen LogP) is 3.92. The molecule has 0 aliphatic carbocycles. The summed E-state index contributed by atoms with van der Waals surface area (Å²) in [5.41, 5.74) is 2.18. The van der Waals surface area contributed by atoms with E-state index in [9.17, 15) is 4.79 Å². The molecule has 2 rings (SSSR count). The normalized spacial score (nSPS) is 11.8. The van der Waals surface area contributed by atoms with Crippen LogP contribution in [0.4, 0.5) is 0 Å². The van der Waals surface area contributed by atoms with Gasteiger partial charge in [0.1, 0.15) is 6.61 Å². The Morgan fingerprint density at radius 2 is 1.58 bits per heavy atom. The van der Waals surface area contributed by atoms with E-state index in [1.807, 2.05) is 67.6 Å². The van der Waals surface area contributed by atoms with Crippen LogP contribution in [0.15, 0.2) is 60.7 Å². The van der Waals surface area contributed by atoms with Crippen LogP contribution in [0.2, 0.25) is 0 Å². The molecular formula is C17H18O2. The summed E-state index contributed by atoms with van der Waals surface area (Å²) in [6, 6.07) is 19.8. The van der Waals surface area contributed by atoms with E-state index < -0.39 is 0 Å². The van der Waals surface area contributed by atoms with Crippen LogP contribution in [0.1, 0.15) is 30.4 Å². The van der Waals surface area contributed by atoms with Gasteiger partial charge in [-0.05, 0) is 17.0 Å². The second kappa shape index (κ2) is 6.74. The van der Waals surface area contributed by atoms with Gasteiger partial charge >= 0.3 is 5.97 Å². The van der Waals surface area contributed by atoms with E-state index in [2.05, 4.69) is 0 Å². The maximum atomic E-state index is 11.8. The first-order valence-corrected chi connectivity index (χ1v) is 6.50. The van der Waals surface area contributed by atoms with Crippen molar-refractivity contribution < 1.29 is 9.53 Å². The van der Waals surface area contributed by atoms with Crippen LogP contribution < -0.4 is 0 Å². The first kappa shape index (κ1) is 13.3. The lowest BCUT2D eigenvalue weighted by Crippen LogP contribution is -2.08. The predicted molar refractivity (Wildman–Crippen MR) is 75.7 cm³/mol.